The number of nitrogens with one attached hydrogen (secondary N) is 1. The Labute approximate surface area is 196 Å². The molecule has 4 aromatic rings. The van der Waals surface area contributed by atoms with Crippen LogP contribution in [0.15, 0.2) is 53.4 Å². The van der Waals surface area contributed by atoms with Gasteiger partial charge in [0.2, 0.25) is 15.9 Å². The van der Waals surface area contributed by atoms with Gasteiger partial charge < -0.3 is 9.47 Å². The van der Waals surface area contributed by atoms with Crippen molar-refractivity contribution >= 4 is 27.3 Å². The van der Waals surface area contributed by atoms with E-state index in [1.807, 2.05) is 24.3 Å². The molecule has 0 spiro atoms. The van der Waals surface area contributed by atoms with E-state index in [2.05, 4.69) is 20.0 Å². The number of fused-ring (bicyclic) bond motifs is 1. The van der Waals surface area contributed by atoms with Crippen molar-refractivity contribution < 1.29 is 17.9 Å². The number of aryl methyl sites for hydroxylation is 2. The number of ether oxygens (including phenoxy) is 2. The molecular weight excluding hydrogens is 466 g/mol. The van der Waals surface area contributed by atoms with Gasteiger partial charge in [-0.2, -0.15) is 4.52 Å². The lowest BCUT2D eigenvalue weighted by atomic mass is 10.2. The molecule has 9 nitrogen and oxygen atoms in total. The average Bonchev–Trinajstić information content (AvgIpc) is 3.22. The van der Waals surface area contributed by atoms with Crippen LogP contribution in [0.25, 0.3) is 17.0 Å². The molecule has 33 heavy (non-hydrogen) atoms. The lowest BCUT2D eigenvalue weighted by Gasteiger charge is -2.11. The van der Waals surface area contributed by atoms with Crippen LogP contribution >= 0.6 is 11.6 Å². The van der Waals surface area contributed by atoms with Crippen LogP contribution in [0.3, 0.4) is 0 Å². The zero-order valence-corrected chi connectivity index (χ0v) is 19.8. The number of sulfonamides is 1. The molecule has 11 heteroatoms. The van der Waals surface area contributed by atoms with E-state index >= 15 is 0 Å². The second kappa shape index (κ2) is 9.34. The fraction of sp³-hybridized carbons (Fsp3) is 0.227. The Hall–Kier alpha value is -3.21. The van der Waals surface area contributed by atoms with Gasteiger partial charge in [-0.1, -0.05) is 11.6 Å². The van der Waals surface area contributed by atoms with Crippen molar-refractivity contribution in [3.63, 3.8) is 0 Å². The number of rotatable bonds is 8. The zero-order valence-electron chi connectivity index (χ0n) is 18.2. The van der Waals surface area contributed by atoms with Gasteiger partial charge in [-0.05, 0) is 67.4 Å². The van der Waals surface area contributed by atoms with Crippen molar-refractivity contribution in [2.24, 2.45) is 0 Å². The van der Waals surface area contributed by atoms with Crippen LogP contribution in [0.4, 0.5) is 0 Å². The SMILES string of the molecule is COc1ccc(-c2nnc3ccc(OCCNS(=O)(=O)c4cc(C)c(Cl)cc4C)nn23)cc1. The fourth-order valence-electron chi connectivity index (χ4n) is 3.22. The number of benzene rings is 2. The third kappa shape index (κ3) is 4.92. The van der Waals surface area contributed by atoms with E-state index in [9.17, 15) is 8.42 Å². The van der Waals surface area contributed by atoms with Gasteiger partial charge >= 0.3 is 0 Å². The fourth-order valence-corrected chi connectivity index (χ4v) is 4.76. The lowest BCUT2D eigenvalue weighted by molar-refractivity contribution is 0.306. The van der Waals surface area contributed by atoms with Crippen LogP contribution < -0.4 is 14.2 Å². The van der Waals surface area contributed by atoms with Crippen LogP contribution in [-0.2, 0) is 10.0 Å². The molecular formula is C22H22ClN5O4S. The normalized spacial score (nSPS) is 11.6. The maximum absolute atomic E-state index is 12.7. The standard InChI is InChI=1S/C22H22ClN5O4S/c1-14-13-19(15(2)12-18(14)23)33(29,30)24-10-11-32-21-9-8-20-25-26-22(28(20)27-21)16-4-6-17(31-3)7-5-16/h4-9,12-13,24H,10-11H2,1-3H3. The van der Waals surface area contributed by atoms with Crippen molar-refractivity contribution in [2.45, 2.75) is 18.7 Å². The van der Waals surface area contributed by atoms with Crippen LogP contribution in [0, 0.1) is 13.8 Å². The Kier molecular flexibility index (Phi) is 6.50. The molecule has 0 saturated carbocycles. The first-order chi connectivity index (χ1) is 15.8. The van der Waals surface area contributed by atoms with Crippen LogP contribution in [-0.4, -0.2) is 48.5 Å². The summed E-state index contributed by atoms with van der Waals surface area (Å²) in [6.07, 6.45) is 0. The summed E-state index contributed by atoms with van der Waals surface area (Å²) in [4.78, 5) is 0.192. The summed E-state index contributed by atoms with van der Waals surface area (Å²) in [6, 6.07) is 14.0. The van der Waals surface area contributed by atoms with E-state index in [0.717, 1.165) is 11.3 Å². The van der Waals surface area contributed by atoms with Crippen molar-refractivity contribution in [3.05, 3.63) is 64.7 Å². The van der Waals surface area contributed by atoms with Gasteiger partial charge in [-0.15, -0.1) is 15.3 Å². The monoisotopic (exact) mass is 487 g/mol. The predicted molar refractivity (Wildman–Crippen MR) is 124 cm³/mol. The lowest BCUT2D eigenvalue weighted by Crippen LogP contribution is -2.29. The molecule has 4 rings (SSSR count). The van der Waals surface area contributed by atoms with E-state index in [1.165, 1.54) is 0 Å². The van der Waals surface area contributed by atoms with Crippen molar-refractivity contribution in [2.75, 3.05) is 20.3 Å². The first kappa shape index (κ1) is 23.0. The Balaban J connectivity index is 1.44. The highest BCUT2D eigenvalue weighted by Crippen LogP contribution is 2.24. The van der Waals surface area contributed by atoms with Crippen molar-refractivity contribution in [1.82, 2.24) is 24.5 Å². The van der Waals surface area contributed by atoms with Crippen molar-refractivity contribution in [1.29, 1.82) is 0 Å². The second-order valence-electron chi connectivity index (χ2n) is 7.31. The molecule has 0 aliphatic rings. The molecule has 0 unspecified atom stereocenters. The maximum atomic E-state index is 12.7. The summed E-state index contributed by atoms with van der Waals surface area (Å²) in [5.41, 5.74) is 2.64. The maximum Gasteiger partial charge on any atom is 0.240 e. The van der Waals surface area contributed by atoms with Gasteiger partial charge in [-0.25, -0.2) is 13.1 Å². The van der Waals surface area contributed by atoms with E-state index in [4.69, 9.17) is 21.1 Å². The molecule has 2 aromatic carbocycles. The summed E-state index contributed by atoms with van der Waals surface area (Å²) in [6.45, 7) is 3.62. The first-order valence-corrected chi connectivity index (χ1v) is 11.9. The molecule has 0 bridgehead atoms. The molecule has 0 fully saturated rings. The van der Waals surface area contributed by atoms with Gasteiger partial charge in [0.05, 0.1) is 12.0 Å². The van der Waals surface area contributed by atoms with E-state index < -0.39 is 10.0 Å². The number of aromatic nitrogens is 4. The molecule has 0 aliphatic heterocycles. The molecule has 0 aliphatic carbocycles. The molecule has 172 valence electrons. The summed E-state index contributed by atoms with van der Waals surface area (Å²) in [5, 5.41) is 13.3. The number of methoxy groups -OCH3 is 1. The molecule has 2 heterocycles. The van der Waals surface area contributed by atoms with Crippen LogP contribution in [0.1, 0.15) is 11.1 Å². The summed E-state index contributed by atoms with van der Waals surface area (Å²) in [7, 11) is -2.10. The summed E-state index contributed by atoms with van der Waals surface area (Å²) >= 11 is 6.07. The molecule has 0 amide bonds. The third-order valence-electron chi connectivity index (χ3n) is 4.98. The Morgan fingerprint density at radius 2 is 1.79 bits per heavy atom. The molecule has 1 N–H and O–H groups in total. The second-order valence-corrected chi connectivity index (χ2v) is 9.45. The minimum atomic E-state index is -3.70. The van der Waals surface area contributed by atoms with Crippen LogP contribution in [0.5, 0.6) is 11.6 Å². The summed E-state index contributed by atoms with van der Waals surface area (Å²) in [5.74, 6) is 1.60. The molecule has 2 aromatic heterocycles. The topological polar surface area (TPSA) is 108 Å². The van der Waals surface area contributed by atoms with Gasteiger partial charge in [0.25, 0.3) is 0 Å². The summed E-state index contributed by atoms with van der Waals surface area (Å²) < 4.78 is 40.3. The Morgan fingerprint density at radius 3 is 2.52 bits per heavy atom. The number of nitrogens with zero attached hydrogens (tertiary/aromatic N) is 4. The molecule has 0 radical (unpaired) electrons. The van der Waals surface area contributed by atoms with Gasteiger partial charge in [0, 0.05) is 23.2 Å². The predicted octanol–water partition coefficient (Wildman–Crippen LogP) is 3.43. The highest BCUT2D eigenvalue weighted by Gasteiger charge is 2.18. The Bertz CT molecular complexity index is 1400. The number of hydrogen-bond acceptors (Lipinski definition) is 7. The highest BCUT2D eigenvalue weighted by molar-refractivity contribution is 7.89. The van der Waals surface area contributed by atoms with Crippen molar-refractivity contribution in [3.8, 4) is 23.0 Å². The van der Waals surface area contributed by atoms with Gasteiger partial charge in [-0.3, -0.25) is 0 Å². The smallest absolute Gasteiger partial charge is 0.240 e. The molecule has 0 saturated heterocycles. The van der Waals surface area contributed by atoms with E-state index in [0.29, 0.717) is 33.5 Å². The van der Waals surface area contributed by atoms with Gasteiger partial charge in [0.1, 0.15) is 12.4 Å². The highest BCUT2D eigenvalue weighted by atomic mass is 35.5. The minimum Gasteiger partial charge on any atom is -0.497 e. The third-order valence-corrected chi connectivity index (χ3v) is 6.99. The van der Waals surface area contributed by atoms with E-state index in [-0.39, 0.29) is 18.0 Å². The first-order valence-electron chi connectivity index (χ1n) is 10.0. The van der Waals surface area contributed by atoms with Crippen LogP contribution in [0.2, 0.25) is 5.02 Å². The average molecular weight is 488 g/mol. The quantitative estimate of drug-likeness (QED) is 0.379. The van der Waals surface area contributed by atoms with Gasteiger partial charge in [0.15, 0.2) is 11.5 Å². The largest absolute Gasteiger partial charge is 0.497 e. The number of hydrogen-bond donors (Lipinski definition) is 1. The minimum absolute atomic E-state index is 0.0662. The Morgan fingerprint density at radius 1 is 1.03 bits per heavy atom. The molecule has 0 atom stereocenters. The van der Waals surface area contributed by atoms with E-state index in [1.54, 1.807) is 49.7 Å². The zero-order chi connectivity index (χ0) is 23.6. The number of halogens is 1.